The highest BCUT2D eigenvalue weighted by molar-refractivity contribution is 5.89. The van der Waals surface area contributed by atoms with Gasteiger partial charge in [0.25, 0.3) is 0 Å². The lowest BCUT2D eigenvalue weighted by molar-refractivity contribution is 0.241. The molecule has 1 aromatic heterocycles. The van der Waals surface area contributed by atoms with Crippen molar-refractivity contribution >= 4 is 17.4 Å². The second kappa shape index (κ2) is 6.72. The number of hydrogen-bond donors (Lipinski definition) is 4. The van der Waals surface area contributed by atoms with Crippen molar-refractivity contribution in [1.29, 1.82) is 0 Å². The molecular weight excluding hydrogens is 314 g/mol. The summed E-state index contributed by atoms with van der Waals surface area (Å²) in [6.07, 6.45) is 0.894. The maximum absolute atomic E-state index is 12.5. The molecule has 0 saturated heterocycles. The standard InChI is InChI=1S/C19H25N5O/c1-12(2)13-6-5-7-14(10-13)19(3,4)22-18(25)21-17-15-11-20-9-8-16(15)23-24-17/h5-7,10,20H,1,8-9,11H2,2-4H3,(H3,21,22,23,24,25). The number of carbonyl (C=O) groups is 1. The number of rotatable bonds is 4. The molecule has 0 saturated carbocycles. The second-order valence-corrected chi connectivity index (χ2v) is 7.02. The maximum atomic E-state index is 12.5. The van der Waals surface area contributed by atoms with E-state index in [4.69, 9.17) is 0 Å². The van der Waals surface area contributed by atoms with Crippen molar-refractivity contribution in [3.05, 3.63) is 53.2 Å². The van der Waals surface area contributed by atoms with Crippen LogP contribution in [0.2, 0.25) is 0 Å². The summed E-state index contributed by atoms with van der Waals surface area (Å²) in [5.41, 5.74) is 4.68. The molecule has 1 aliphatic rings. The maximum Gasteiger partial charge on any atom is 0.321 e. The number of aromatic nitrogens is 2. The van der Waals surface area contributed by atoms with Gasteiger partial charge in [-0.15, -0.1) is 0 Å². The predicted octanol–water partition coefficient (Wildman–Crippen LogP) is 3.15. The number of benzene rings is 1. The first-order valence-electron chi connectivity index (χ1n) is 8.49. The fraction of sp³-hybridized carbons (Fsp3) is 0.368. The number of fused-ring (bicyclic) bond motifs is 1. The molecular formula is C19H25N5O. The summed E-state index contributed by atoms with van der Waals surface area (Å²) >= 11 is 0. The van der Waals surface area contributed by atoms with Crippen LogP contribution in [0.25, 0.3) is 5.57 Å². The van der Waals surface area contributed by atoms with Gasteiger partial charge in [0.05, 0.1) is 5.54 Å². The molecule has 0 bridgehead atoms. The lowest BCUT2D eigenvalue weighted by atomic mass is 9.92. The molecule has 4 N–H and O–H groups in total. The van der Waals surface area contributed by atoms with Gasteiger partial charge in [0, 0.05) is 30.8 Å². The van der Waals surface area contributed by atoms with Gasteiger partial charge in [0.2, 0.25) is 0 Å². The van der Waals surface area contributed by atoms with Gasteiger partial charge >= 0.3 is 6.03 Å². The molecule has 25 heavy (non-hydrogen) atoms. The molecule has 2 amide bonds. The van der Waals surface area contributed by atoms with Crippen molar-refractivity contribution in [3.8, 4) is 0 Å². The Hall–Kier alpha value is -2.60. The van der Waals surface area contributed by atoms with Gasteiger partial charge in [-0.3, -0.25) is 10.4 Å². The predicted molar refractivity (Wildman–Crippen MR) is 100 cm³/mol. The number of amides is 2. The van der Waals surface area contributed by atoms with E-state index in [1.807, 2.05) is 39.0 Å². The van der Waals surface area contributed by atoms with Gasteiger partial charge in [-0.1, -0.05) is 30.4 Å². The number of carbonyl (C=O) groups excluding carboxylic acids is 1. The number of nitrogens with one attached hydrogen (secondary N) is 4. The minimum atomic E-state index is -0.524. The third-order valence-electron chi connectivity index (χ3n) is 4.54. The van der Waals surface area contributed by atoms with Crippen LogP contribution in [-0.4, -0.2) is 22.8 Å². The molecule has 6 nitrogen and oxygen atoms in total. The van der Waals surface area contributed by atoms with Gasteiger partial charge in [-0.25, -0.2) is 4.79 Å². The Bertz CT molecular complexity index is 806. The van der Waals surface area contributed by atoms with Crippen LogP contribution in [0.4, 0.5) is 10.6 Å². The van der Waals surface area contributed by atoms with Crippen LogP contribution in [0.3, 0.4) is 0 Å². The number of aromatic amines is 1. The SMILES string of the molecule is C=C(C)c1cccc(C(C)(C)NC(=O)Nc2n[nH]c3c2CNCC3)c1. The van der Waals surface area contributed by atoms with Crippen LogP contribution in [0.15, 0.2) is 30.8 Å². The van der Waals surface area contributed by atoms with Crippen LogP contribution in [-0.2, 0) is 18.5 Å². The van der Waals surface area contributed by atoms with Crippen molar-refractivity contribution in [2.75, 3.05) is 11.9 Å². The summed E-state index contributed by atoms with van der Waals surface area (Å²) in [5.74, 6) is 0.589. The first kappa shape index (κ1) is 17.2. The molecule has 1 aliphatic heterocycles. The Balaban J connectivity index is 1.72. The summed E-state index contributed by atoms with van der Waals surface area (Å²) in [6, 6.07) is 7.79. The van der Waals surface area contributed by atoms with Crippen LogP contribution in [0, 0.1) is 0 Å². The number of H-pyrrole nitrogens is 1. The Labute approximate surface area is 148 Å². The monoisotopic (exact) mass is 339 g/mol. The quantitative estimate of drug-likeness (QED) is 0.691. The van der Waals surface area contributed by atoms with Crippen molar-refractivity contribution in [3.63, 3.8) is 0 Å². The van der Waals surface area contributed by atoms with Crippen LogP contribution < -0.4 is 16.0 Å². The van der Waals surface area contributed by atoms with Crippen molar-refractivity contribution in [2.24, 2.45) is 0 Å². The van der Waals surface area contributed by atoms with Crippen molar-refractivity contribution in [2.45, 2.75) is 39.3 Å². The van der Waals surface area contributed by atoms with Gasteiger partial charge in [-0.05, 0) is 38.0 Å². The Kier molecular flexibility index (Phi) is 4.63. The summed E-state index contributed by atoms with van der Waals surface area (Å²) in [5, 5.41) is 16.4. The van der Waals surface area contributed by atoms with Gasteiger partial charge in [0.1, 0.15) is 0 Å². The third-order valence-corrected chi connectivity index (χ3v) is 4.54. The molecule has 0 atom stereocenters. The molecule has 6 heteroatoms. The Morgan fingerprint density at radius 3 is 2.92 bits per heavy atom. The van der Waals surface area contributed by atoms with E-state index in [-0.39, 0.29) is 6.03 Å². The molecule has 0 spiro atoms. The summed E-state index contributed by atoms with van der Waals surface area (Å²) in [6.45, 7) is 11.5. The van der Waals surface area contributed by atoms with Gasteiger partial charge in [0.15, 0.2) is 5.82 Å². The van der Waals surface area contributed by atoms with Crippen LogP contribution in [0.1, 0.15) is 43.2 Å². The first-order valence-corrected chi connectivity index (χ1v) is 8.49. The number of hydrogen-bond acceptors (Lipinski definition) is 3. The number of urea groups is 1. The van der Waals surface area contributed by atoms with Crippen molar-refractivity contribution in [1.82, 2.24) is 20.8 Å². The van der Waals surface area contributed by atoms with E-state index in [1.54, 1.807) is 0 Å². The van der Waals surface area contributed by atoms with E-state index in [0.717, 1.165) is 40.9 Å². The molecule has 0 unspecified atom stereocenters. The topological polar surface area (TPSA) is 81.8 Å². The van der Waals surface area contributed by atoms with E-state index < -0.39 is 5.54 Å². The van der Waals surface area contributed by atoms with E-state index >= 15 is 0 Å². The molecule has 132 valence electrons. The fourth-order valence-corrected chi connectivity index (χ4v) is 3.00. The second-order valence-electron chi connectivity index (χ2n) is 7.02. The first-order chi connectivity index (χ1) is 11.9. The number of anilines is 1. The highest BCUT2D eigenvalue weighted by atomic mass is 16.2. The normalized spacial score (nSPS) is 13.9. The highest BCUT2D eigenvalue weighted by Gasteiger charge is 2.25. The molecule has 0 aliphatic carbocycles. The molecule has 2 aromatic rings. The van der Waals surface area contributed by atoms with Crippen LogP contribution in [0.5, 0.6) is 0 Å². The molecule has 3 rings (SSSR count). The zero-order valence-corrected chi connectivity index (χ0v) is 15.0. The summed E-state index contributed by atoms with van der Waals surface area (Å²) < 4.78 is 0. The van der Waals surface area contributed by atoms with E-state index in [2.05, 4.69) is 38.8 Å². The minimum Gasteiger partial charge on any atom is -0.329 e. The smallest absolute Gasteiger partial charge is 0.321 e. The average Bonchev–Trinajstić information content (AvgIpc) is 2.97. The largest absolute Gasteiger partial charge is 0.329 e. The van der Waals surface area contributed by atoms with Crippen LogP contribution >= 0.6 is 0 Å². The summed E-state index contributed by atoms with van der Waals surface area (Å²) in [4.78, 5) is 12.5. The fourth-order valence-electron chi connectivity index (χ4n) is 3.00. The van der Waals surface area contributed by atoms with E-state index in [9.17, 15) is 4.79 Å². The van der Waals surface area contributed by atoms with Gasteiger partial charge < -0.3 is 10.6 Å². The lowest BCUT2D eigenvalue weighted by Gasteiger charge is -2.27. The van der Waals surface area contributed by atoms with Gasteiger partial charge in [-0.2, -0.15) is 5.10 Å². The van der Waals surface area contributed by atoms with E-state index in [0.29, 0.717) is 12.4 Å². The Morgan fingerprint density at radius 1 is 1.36 bits per heavy atom. The minimum absolute atomic E-state index is 0.273. The molecule has 1 aromatic carbocycles. The average molecular weight is 339 g/mol. The summed E-state index contributed by atoms with van der Waals surface area (Å²) in [7, 11) is 0. The third kappa shape index (κ3) is 3.74. The Morgan fingerprint density at radius 2 is 2.16 bits per heavy atom. The molecule has 0 radical (unpaired) electrons. The number of allylic oxidation sites excluding steroid dienone is 1. The van der Waals surface area contributed by atoms with E-state index in [1.165, 1.54) is 0 Å². The zero-order chi connectivity index (χ0) is 18.0. The van der Waals surface area contributed by atoms with Crippen molar-refractivity contribution < 1.29 is 4.79 Å². The zero-order valence-electron chi connectivity index (χ0n) is 15.0. The highest BCUT2D eigenvalue weighted by Crippen LogP contribution is 2.24. The lowest BCUT2D eigenvalue weighted by Crippen LogP contribution is -2.43. The molecule has 0 fully saturated rings. The number of nitrogens with zero attached hydrogens (tertiary/aromatic N) is 1. The molecule has 2 heterocycles.